The number of amides is 1. The number of nitrogens with zero attached hydrogens (tertiary/aromatic N) is 1. The molecule has 0 saturated carbocycles. The molecule has 1 aliphatic heterocycles. The topological polar surface area (TPSA) is 91.7 Å². The summed E-state index contributed by atoms with van der Waals surface area (Å²) in [5, 5.41) is 20.8. The van der Waals surface area contributed by atoms with E-state index >= 15 is 0 Å². The van der Waals surface area contributed by atoms with Gasteiger partial charge in [-0.2, -0.15) is 0 Å². The van der Waals surface area contributed by atoms with Gasteiger partial charge >= 0.3 is 7.12 Å². The van der Waals surface area contributed by atoms with Crippen molar-refractivity contribution >= 4 is 34.3 Å². The summed E-state index contributed by atoms with van der Waals surface area (Å²) in [6.07, 6.45) is 1.75. The van der Waals surface area contributed by atoms with Crippen molar-refractivity contribution in [2.24, 2.45) is 5.92 Å². The number of rotatable bonds is 3. The molecule has 92 valence electrons. The maximum Gasteiger partial charge on any atom is 0.500 e. The normalized spacial score (nSPS) is 23.7. The number of anilines is 1. The van der Waals surface area contributed by atoms with Crippen molar-refractivity contribution in [3.8, 4) is 0 Å². The van der Waals surface area contributed by atoms with E-state index in [2.05, 4.69) is 10.3 Å². The van der Waals surface area contributed by atoms with Crippen molar-refractivity contribution in [1.29, 1.82) is 0 Å². The monoisotopic (exact) mass is 256 g/mol. The van der Waals surface area contributed by atoms with Gasteiger partial charge < -0.3 is 14.8 Å². The van der Waals surface area contributed by atoms with E-state index in [-0.39, 0.29) is 11.8 Å². The van der Waals surface area contributed by atoms with Crippen LogP contribution in [0.2, 0.25) is 0 Å². The fourth-order valence-corrected chi connectivity index (χ4v) is 2.36. The summed E-state index contributed by atoms with van der Waals surface area (Å²) in [5.74, 6) is -0.0406. The lowest BCUT2D eigenvalue weighted by atomic mass is 9.91. The van der Waals surface area contributed by atoms with Gasteiger partial charge in [-0.05, 0) is 12.3 Å². The molecule has 3 N–H and O–H groups in total. The third kappa shape index (κ3) is 2.84. The van der Waals surface area contributed by atoms with Crippen molar-refractivity contribution in [3.63, 3.8) is 0 Å². The second kappa shape index (κ2) is 5.13. The molecule has 0 radical (unpaired) electrons. The van der Waals surface area contributed by atoms with Gasteiger partial charge in [0.2, 0.25) is 0 Å². The minimum Gasteiger partial charge on any atom is -0.423 e. The van der Waals surface area contributed by atoms with E-state index < -0.39 is 13.2 Å². The van der Waals surface area contributed by atoms with Gasteiger partial charge in [-0.15, -0.1) is 11.3 Å². The summed E-state index contributed by atoms with van der Waals surface area (Å²) < 4.78 is 5.61. The number of hydrogen-bond acceptors (Lipinski definition) is 6. The van der Waals surface area contributed by atoms with Gasteiger partial charge in [0.1, 0.15) is 6.10 Å². The summed E-state index contributed by atoms with van der Waals surface area (Å²) >= 11 is 1.03. The number of nitrogens with one attached hydrogen (secondary N) is 1. The van der Waals surface area contributed by atoms with E-state index in [1.54, 1.807) is 0 Å². The highest BCUT2D eigenvalue weighted by atomic mass is 32.1. The average Bonchev–Trinajstić information content (AvgIpc) is 2.86. The minimum absolute atomic E-state index is 0.192. The van der Waals surface area contributed by atoms with Gasteiger partial charge in [-0.25, -0.2) is 4.98 Å². The third-order valence-corrected chi connectivity index (χ3v) is 3.61. The second-order valence-electron chi connectivity index (χ2n) is 3.99. The van der Waals surface area contributed by atoms with E-state index in [0.29, 0.717) is 16.5 Å². The summed E-state index contributed by atoms with van der Waals surface area (Å²) in [7, 11) is -1.56. The Balaban J connectivity index is 1.97. The quantitative estimate of drug-likeness (QED) is 0.615. The van der Waals surface area contributed by atoms with Gasteiger partial charge in [0.25, 0.3) is 5.91 Å². The van der Waals surface area contributed by atoms with Crippen LogP contribution in [0.25, 0.3) is 0 Å². The van der Waals surface area contributed by atoms with Gasteiger partial charge in [-0.1, -0.05) is 6.92 Å². The molecule has 1 aliphatic rings. The molecule has 2 unspecified atom stereocenters. The van der Waals surface area contributed by atoms with Crippen molar-refractivity contribution in [2.75, 3.05) is 11.9 Å². The highest BCUT2D eigenvalue weighted by Crippen LogP contribution is 2.21. The first kappa shape index (κ1) is 12.5. The van der Waals surface area contributed by atoms with Crippen LogP contribution < -0.4 is 10.1 Å². The molecule has 2 rings (SSSR count). The number of carbonyl (C=O) groups excluding carboxylic acids is 1. The Morgan fingerprint density at radius 2 is 2.47 bits per heavy atom. The number of thiazole rings is 1. The summed E-state index contributed by atoms with van der Waals surface area (Å²) in [5.41, 5.74) is 0. The smallest absolute Gasteiger partial charge is 0.423 e. The molecule has 2 heterocycles. The summed E-state index contributed by atoms with van der Waals surface area (Å²) in [6.45, 7) is 2.56. The Labute approximate surface area is 103 Å². The second-order valence-corrected chi connectivity index (χ2v) is 5.05. The Hall–Kier alpha value is -0.955. The van der Waals surface area contributed by atoms with E-state index in [0.717, 1.165) is 17.8 Å². The first-order valence-corrected chi connectivity index (χ1v) is 6.14. The summed E-state index contributed by atoms with van der Waals surface area (Å²) in [4.78, 5) is 15.7. The molecule has 6 nitrogen and oxygen atoms in total. The molecule has 8 heteroatoms. The fourth-order valence-electron chi connectivity index (χ4n) is 1.67. The molecule has 0 aromatic carbocycles. The van der Waals surface area contributed by atoms with Crippen LogP contribution in [0, 0.1) is 5.92 Å². The van der Waals surface area contributed by atoms with Gasteiger partial charge in [0.15, 0.2) is 5.13 Å². The molecule has 1 saturated heterocycles. The lowest BCUT2D eigenvalue weighted by Crippen LogP contribution is -2.31. The Kier molecular flexibility index (Phi) is 3.77. The van der Waals surface area contributed by atoms with E-state index in [1.807, 2.05) is 6.92 Å². The van der Waals surface area contributed by atoms with Crippen LogP contribution in [0.5, 0.6) is 0 Å². The Bertz CT molecular complexity index is 411. The van der Waals surface area contributed by atoms with Gasteiger partial charge in [0, 0.05) is 12.8 Å². The predicted octanol–water partition coefficient (Wildman–Crippen LogP) is -0.814. The Morgan fingerprint density at radius 1 is 1.71 bits per heavy atom. The predicted molar refractivity (Wildman–Crippen MR) is 64.1 cm³/mol. The lowest BCUT2D eigenvalue weighted by molar-refractivity contribution is -0.126. The largest absolute Gasteiger partial charge is 0.500 e. The van der Waals surface area contributed by atoms with Crippen molar-refractivity contribution in [2.45, 2.75) is 19.4 Å². The molecule has 0 aliphatic carbocycles. The SMILES string of the molecule is CC1CCOC1C(=O)Nc1ncc(B(O)O)s1. The Morgan fingerprint density at radius 3 is 3.00 bits per heavy atom. The lowest BCUT2D eigenvalue weighted by Gasteiger charge is -2.12. The molecule has 0 spiro atoms. The maximum atomic E-state index is 11.8. The van der Waals surface area contributed by atoms with Crippen LogP contribution in [0.3, 0.4) is 0 Å². The average molecular weight is 256 g/mol. The first-order valence-electron chi connectivity index (χ1n) is 5.32. The standard InChI is InChI=1S/C9H13BN2O4S/c1-5-2-3-16-7(5)8(13)12-9-11-4-6(17-9)10(14)15/h4-5,7,14-15H,2-3H2,1H3,(H,11,12,13). The zero-order valence-corrected chi connectivity index (χ0v) is 10.1. The maximum absolute atomic E-state index is 11.8. The fraction of sp³-hybridized carbons (Fsp3) is 0.556. The van der Waals surface area contributed by atoms with Crippen molar-refractivity contribution in [1.82, 2.24) is 4.98 Å². The molecule has 17 heavy (non-hydrogen) atoms. The molecule has 0 bridgehead atoms. The number of carbonyl (C=O) groups is 1. The van der Waals surface area contributed by atoms with Crippen LogP contribution in [0.4, 0.5) is 5.13 Å². The van der Waals surface area contributed by atoms with Crippen LogP contribution in [0.1, 0.15) is 13.3 Å². The first-order chi connectivity index (χ1) is 8.08. The molecular weight excluding hydrogens is 243 g/mol. The van der Waals surface area contributed by atoms with Crippen molar-refractivity contribution in [3.05, 3.63) is 6.20 Å². The van der Waals surface area contributed by atoms with E-state index in [9.17, 15) is 4.79 Å². The van der Waals surface area contributed by atoms with Gasteiger partial charge in [-0.3, -0.25) is 10.1 Å². The molecule has 1 fully saturated rings. The zero-order valence-electron chi connectivity index (χ0n) is 9.29. The minimum atomic E-state index is -1.56. The van der Waals surface area contributed by atoms with E-state index in [4.69, 9.17) is 14.8 Å². The van der Waals surface area contributed by atoms with Crippen LogP contribution in [-0.2, 0) is 9.53 Å². The van der Waals surface area contributed by atoms with E-state index in [1.165, 1.54) is 6.20 Å². The molecule has 1 amide bonds. The van der Waals surface area contributed by atoms with Crippen LogP contribution >= 0.6 is 11.3 Å². The highest BCUT2D eigenvalue weighted by Gasteiger charge is 2.31. The van der Waals surface area contributed by atoms with Crippen molar-refractivity contribution < 1.29 is 19.6 Å². The summed E-state index contributed by atoms with van der Waals surface area (Å²) in [6, 6.07) is 0. The molecule has 2 atom stereocenters. The van der Waals surface area contributed by atoms with Crippen LogP contribution in [-0.4, -0.2) is 40.8 Å². The van der Waals surface area contributed by atoms with Gasteiger partial charge in [0.05, 0.1) is 4.78 Å². The van der Waals surface area contributed by atoms with Crippen LogP contribution in [0.15, 0.2) is 6.20 Å². The zero-order chi connectivity index (χ0) is 12.4. The number of ether oxygens (including phenoxy) is 1. The number of aromatic nitrogens is 1. The highest BCUT2D eigenvalue weighted by molar-refractivity contribution is 7.25. The molecule has 1 aromatic heterocycles. The number of hydrogen-bond donors (Lipinski definition) is 3. The third-order valence-electron chi connectivity index (χ3n) is 2.65. The molecular formula is C9H13BN2O4S. The molecule has 1 aromatic rings.